The minimum atomic E-state index is -0.398. The Bertz CT molecular complexity index is 793. The van der Waals surface area contributed by atoms with Crippen LogP contribution < -0.4 is 20.7 Å². The highest BCUT2D eigenvalue weighted by molar-refractivity contribution is 7.80. The van der Waals surface area contributed by atoms with E-state index in [0.29, 0.717) is 29.1 Å². The van der Waals surface area contributed by atoms with E-state index in [1.165, 1.54) is 7.11 Å². The molecule has 3 N–H and O–H groups in total. The number of carbonyl (C=O) groups is 2. The summed E-state index contributed by atoms with van der Waals surface area (Å²) in [6.07, 6.45) is 0. The summed E-state index contributed by atoms with van der Waals surface area (Å²) in [6.45, 7) is 2.36. The van der Waals surface area contributed by atoms with E-state index in [1.807, 2.05) is 6.92 Å². The van der Waals surface area contributed by atoms with Crippen LogP contribution in [0.5, 0.6) is 5.75 Å². The zero-order valence-electron chi connectivity index (χ0n) is 14.0. The van der Waals surface area contributed by atoms with E-state index in [2.05, 4.69) is 16.0 Å². The quantitative estimate of drug-likeness (QED) is 0.717. The predicted molar refractivity (Wildman–Crippen MR) is 101 cm³/mol. The lowest BCUT2D eigenvalue weighted by molar-refractivity contribution is 0.0954. The van der Waals surface area contributed by atoms with Gasteiger partial charge in [0.25, 0.3) is 11.8 Å². The van der Waals surface area contributed by atoms with Gasteiger partial charge in [-0.2, -0.15) is 0 Å². The number of rotatable bonds is 5. The third-order valence-electron chi connectivity index (χ3n) is 3.34. The maximum Gasteiger partial charge on any atom is 0.261 e. The average Bonchev–Trinajstić information content (AvgIpc) is 2.62. The van der Waals surface area contributed by atoms with E-state index >= 15 is 0 Å². The summed E-state index contributed by atoms with van der Waals surface area (Å²) < 4.78 is 5.17. The molecule has 2 amide bonds. The zero-order chi connectivity index (χ0) is 18.2. The summed E-state index contributed by atoms with van der Waals surface area (Å²) in [5.74, 6) is -0.166. The van der Waals surface area contributed by atoms with Crippen molar-refractivity contribution in [2.75, 3.05) is 19.0 Å². The Morgan fingerprint density at radius 1 is 1.00 bits per heavy atom. The van der Waals surface area contributed by atoms with E-state index in [1.54, 1.807) is 48.5 Å². The molecule has 0 radical (unpaired) electrons. The van der Waals surface area contributed by atoms with Crippen LogP contribution >= 0.6 is 12.2 Å². The fourth-order valence-electron chi connectivity index (χ4n) is 2.20. The van der Waals surface area contributed by atoms with Crippen molar-refractivity contribution in [2.24, 2.45) is 0 Å². The second-order valence-corrected chi connectivity index (χ2v) is 5.42. The van der Waals surface area contributed by atoms with Gasteiger partial charge in [0, 0.05) is 6.54 Å². The van der Waals surface area contributed by atoms with Crippen molar-refractivity contribution in [1.82, 2.24) is 10.6 Å². The number of anilines is 1. The van der Waals surface area contributed by atoms with Gasteiger partial charge in [-0.1, -0.05) is 24.3 Å². The number of hydrogen-bond acceptors (Lipinski definition) is 4. The van der Waals surface area contributed by atoms with E-state index < -0.39 is 5.91 Å². The van der Waals surface area contributed by atoms with Gasteiger partial charge in [0.1, 0.15) is 5.75 Å². The lowest BCUT2D eigenvalue weighted by atomic mass is 10.1. The molecule has 0 aliphatic carbocycles. The number of thiocarbonyl (C=S) groups is 1. The molecule has 0 aliphatic heterocycles. The molecule has 0 aromatic heterocycles. The molecule has 0 heterocycles. The molecule has 6 nitrogen and oxygen atoms in total. The van der Waals surface area contributed by atoms with Gasteiger partial charge in [-0.3, -0.25) is 14.9 Å². The molecule has 2 aromatic carbocycles. The van der Waals surface area contributed by atoms with Crippen molar-refractivity contribution in [3.63, 3.8) is 0 Å². The van der Waals surface area contributed by atoms with Crippen molar-refractivity contribution < 1.29 is 14.3 Å². The maximum atomic E-state index is 12.3. The van der Waals surface area contributed by atoms with Crippen LogP contribution in [0.2, 0.25) is 0 Å². The first-order valence-corrected chi connectivity index (χ1v) is 8.10. The summed E-state index contributed by atoms with van der Waals surface area (Å²) in [4.78, 5) is 24.4. The lowest BCUT2D eigenvalue weighted by Crippen LogP contribution is -2.35. The molecule has 2 aromatic rings. The Morgan fingerprint density at radius 2 is 1.64 bits per heavy atom. The number of para-hydroxylation sites is 2. The molecule has 0 atom stereocenters. The molecule has 7 heteroatoms. The molecule has 130 valence electrons. The van der Waals surface area contributed by atoms with Gasteiger partial charge in [-0.15, -0.1) is 0 Å². The number of benzene rings is 2. The van der Waals surface area contributed by atoms with Crippen LogP contribution in [-0.4, -0.2) is 30.6 Å². The van der Waals surface area contributed by atoms with Crippen LogP contribution in [0.1, 0.15) is 27.6 Å². The Kier molecular flexibility index (Phi) is 6.47. The number of hydrogen-bond donors (Lipinski definition) is 3. The molecule has 0 aliphatic rings. The van der Waals surface area contributed by atoms with E-state index in [4.69, 9.17) is 17.0 Å². The second-order valence-electron chi connectivity index (χ2n) is 5.01. The monoisotopic (exact) mass is 357 g/mol. The first-order chi connectivity index (χ1) is 12.1. The number of carbonyl (C=O) groups excluding carboxylic acids is 2. The van der Waals surface area contributed by atoms with Crippen LogP contribution in [0.15, 0.2) is 48.5 Å². The first kappa shape index (κ1) is 18.4. The largest absolute Gasteiger partial charge is 0.496 e. The highest BCUT2D eigenvalue weighted by atomic mass is 32.1. The summed E-state index contributed by atoms with van der Waals surface area (Å²) in [6, 6.07) is 13.8. The van der Waals surface area contributed by atoms with Crippen molar-refractivity contribution in [2.45, 2.75) is 6.92 Å². The third kappa shape index (κ3) is 4.77. The lowest BCUT2D eigenvalue weighted by Gasteiger charge is -2.14. The summed E-state index contributed by atoms with van der Waals surface area (Å²) >= 11 is 5.19. The van der Waals surface area contributed by atoms with Crippen LogP contribution in [-0.2, 0) is 0 Å². The van der Waals surface area contributed by atoms with E-state index in [9.17, 15) is 9.59 Å². The third-order valence-corrected chi connectivity index (χ3v) is 3.54. The van der Waals surface area contributed by atoms with Crippen molar-refractivity contribution in [3.05, 3.63) is 59.7 Å². The summed E-state index contributed by atoms with van der Waals surface area (Å²) in [5.41, 5.74) is 1.32. The molecule has 0 saturated carbocycles. The SMILES string of the molecule is CCNC(=O)c1ccccc1NC(=S)NC(=O)c1ccccc1OC. The molecular weight excluding hydrogens is 338 g/mol. The molecule has 25 heavy (non-hydrogen) atoms. The van der Waals surface area contributed by atoms with Gasteiger partial charge >= 0.3 is 0 Å². The fraction of sp³-hybridized carbons (Fsp3) is 0.167. The summed E-state index contributed by atoms with van der Waals surface area (Å²) in [7, 11) is 1.49. The number of methoxy groups -OCH3 is 1. The Balaban J connectivity index is 2.11. The fourth-order valence-corrected chi connectivity index (χ4v) is 2.40. The molecule has 0 fully saturated rings. The van der Waals surface area contributed by atoms with Crippen molar-refractivity contribution >= 4 is 34.8 Å². The summed E-state index contributed by atoms with van der Waals surface area (Å²) in [5, 5.41) is 8.29. The van der Waals surface area contributed by atoms with Gasteiger partial charge < -0.3 is 15.4 Å². The van der Waals surface area contributed by atoms with Crippen LogP contribution in [0, 0.1) is 0 Å². The first-order valence-electron chi connectivity index (χ1n) is 7.69. The number of nitrogens with one attached hydrogen (secondary N) is 3. The number of amides is 2. The van der Waals surface area contributed by atoms with Crippen LogP contribution in [0.4, 0.5) is 5.69 Å². The van der Waals surface area contributed by atoms with Gasteiger partial charge in [0.15, 0.2) is 5.11 Å². The van der Waals surface area contributed by atoms with E-state index in [-0.39, 0.29) is 11.0 Å². The Labute approximate surface area is 151 Å². The van der Waals surface area contributed by atoms with Gasteiger partial charge in [0.2, 0.25) is 0 Å². The minimum absolute atomic E-state index is 0.0904. The smallest absolute Gasteiger partial charge is 0.261 e. The molecule has 0 saturated heterocycles. The highest BCUT2D eigenvalue weighted by Crippen LogP contribution is 2.18. The predicted octanol–water partition coefficient (Wildman–Crippen LogP) is 2.57. The normalized spacial score (nSPS) is 9.84. The van der Waals surface area contributed by atoms with Crippen molar-refractivity contribution in [3.8, 4) is 5.75 Å². The van der Waals surface area contributed by atoms with Gasteiger partial charge in [0.05, 0.1) is 23.9 Å². The molecule has 2 rings (SSSR count). The second kappa shape index (κ2) is 8.79. The maximum absolute atomic E-state index is 12.3. The van der Waals surface area contributed by atoms with Crippen molar-refractivity contribution in [1.29, 1.82) is 0 Å². The van der Waals surface area contributed by atoms with E-state index in [0.717, 1.165) is 0 Å². The van der Waals surface area contributed by atoms with Crippen LogP contribution in [0.3, 0.4) is 0 Å². The Hall–Kier alpha value is -2.93. The standard InChI is InChI=1S/C18H19N3O3S/c1-3-19-16(22)12-8-4-6-10-14(12)20-18(25)21-17(23)13-9-5-7-11-15(13)24-2/h4-11H,3H2,1-2H3,(H,19,22)(H2,20,21,23,25). The minimum Gasteiger partial charge on any atom is -0.496 e. The highest BCUT2D eigenvalue weighted by Gasteiger charge is 2.15. The molecule has 0 unspecified atom stereocenters. The average molecular weight is 357 g/mol. The molecular formula is C18H19N3O3S. The zero-order valence-corrected chi connectivity index (χ0v) is 14.8. The van der Waals surface area contributed by atoms with Gasteiger partial charge in [-0.05, 0) is 43.4 Å². The molecule has 0 spiro atoms. The topological polar surface area (TPSA) is 79.5 Å². The molecule has 0 bridgehead atoms. The van der Waals surface area contributed by atoms with Gasteiger partial charge in [-0.25, -0.2) is 0 Å². The Morgan fingerprint density at radius 3 is 2.32 bits per heavy atom. The number of ether oxygens (including phenoxy) is 1. The van der Waals surface area contributed by atoms with Crippen LogP contribution in [0.25, 0.3) is 0 Å².